The van der Waals surface area contributed by atoms with Crippen molar-refractivity contribution >= 4 is 0 Å². The third kappa shape index (κ3) is 1.07. The molecule has 1 unspecified atom stereocenters. The minimum Gasteiger partial charge on any atom is -0.0622 e. The summed E-state index contributed by atoms with van der Waals surface area (Å²) in [5, 5.41) is 0. The summed E-state index contributed by atoms with van der Waals surface area (Å²) < 4.78 is 0. The highest BCUT2D eigenvalue weighted by Crippen LogP contribution is 2.99. The van der Waals surface area contributed by atoms with E-state index < -0.39 is 0 Å². The van der Waals surface area contributed by atoms with Crippen molar-refractivity contribution in [2.75, 3.05) is 0 Å². The maximum atomic E-state index is 2.53. The smallest absolute Gasteiger partial charge is 0.0379 e. The van der Waals surface area contributed by atoms with Gasteiger partial charge >= 0.3 is 0 Å². The fourth-order valence-electron chi connectivity index (χ4n) is 7.81. The molecule has 0 radical (unpaired) electrons. The van der Waals surface area contributed by atoms with E-state index >= 15 is 0 Å². The van der Waals surface area contributed by atoms with Gasteiger partial charge in [-0.3, -0.25) is 0 Å². The molecule has 0 heteroatoms. The van der Waals surface area contributed by atoms with Gasteiger partial charge in [-0.1, -0.05) is 98.8 Å². The third-order valence-electron chi connectivity index (χ3n) is 8.03. The summed E-state index contributed by atoms with van der Waals surface area (Å²) in [5.41, 5.74) is 7.02. The largest absolute Gasteiger partial charge is 0.0622 e. The molecule has 122 valence electrons. The molecule has 0 spiro atoms. The van der Waals surface area contributed by atoms with E-state index in [1.807, 2.05) is 0 Å². The van der Waals surface area contributed by atoms with E-state index in [0.29, 0.717) is 5.41 Å². The second-order valence-electron chi connectivity index (χ2n) is 8.62. The van der Waals surface area contributed by atoms with Crippen LogP contribution in [0.15, 0.2) is 84.9 Å². The minimum atomic E-state index is 0.119. The van der Waals surface area contributed by atoms with Crippen molar-refractivity contribution in [1.29, 1.82) is 0 Å². The predicted octanol–water partition coefficient (Wildman–Crippen LogP) is 5.61. The van der Waals surface area contributed by atoms with Crippen LogP contribution in [0.3, 0.4) is 0 Å². The van der Waals surface area contributed by atoms with Crippen LogP contribution < -0.4 is 0 Å². The van der Waals surface area contributed by atoms with Gasteiger partial charge in [0.2, 0.25) is 0 Å². The van der Waals surface area contributed by atoms with Gasteiger partial charge < -0.3 is 0 Å². The molecule has 25 heavy (non-hydrogen) atoms. The van der Waals surface area contributed by atoms with Crippen molar-refractivity contribution in [3.63, 3.8) is 0 Å². The maximum Gasteiger partial charge on any atom is 0.0379 e. The van der Waals surface area contributed by atoms with Gasteiger partial charge in [-0.05, 0) is 34.1 Å². The Balaban J connectivity index is 1.77. The lowest BCUT2D eigenvalue weighted by atomic mass is 9.50. The number of fused-ring (bicyclic) bond motifs is 4. The van der Waals surface area contributed by atoms with Gasteiger partial charge in [0, 0.05) is 16.2 Å². The lowest BCUT2D eigenvalue weighted by Gasteiger charge is -2.52. The van der Waals surface area contributed by atoms with Crippen LogP contribution in [-0.2, 0) is 16.2 Å². The second kappa shape index (κ2) is 3.90. The molecule has 0 aromatic heterocycles. The lowest BCUT2D eigenvalue weighted by Crippen LogP contribution is -2.50. The Hall–Kier alpha value is -2.34. The van der Waals surface area contributed by atoms with E-state index in [0.717, 1.165) is 0 Å². The van der Waals surface area contributed by atoms with Crippen LogP contribution in [0.1, 0.15) is 42.5 Å². The Kier molecular flexibility index (Phi) is 2.17. The summed E-state index contributed by atoms with van der Waals surface area (Å²) in [6.07, 6.45) is 1.28. The third-order valence-corrected chi connectivity index (χ3v) is 8.03. The van der Waals surface area contributed by atoms with Crippen LogP contribution in [0.5, 0.6) is 0 Å². The Labute approximate surface area is 149 Å². The Bertz CT molecular complexity index is 1000. The maximum absolute atomic E-state index is 2.53. The topological polar surface area (TPSA) is 0 Å². The van der Waals surface area contributed by atoms with Crippen molar-refractivity contribution in [1.82, 2.24) is 0 Å². The first kappa shape index (κ1) is 13.9. The van der Waals surface area contributed by atoms with Crippen LogP contribution in [0.4, 0.5) is 0 Å². The monoisotopic (exact) mass is 322 g/mol. The molecule has 3 aliphatic carbocycles. The summed E-state index contributed by atoms with van der Waals surface area (Å²) in [6.45, 7) is 5.04. The summed E-state index contributed by atoms with van der Waals surface area (Å²) in [6, 6.07) is 31.8. The molecule has 0 amide bonds. The first-order chi connectivity index (χ1) is 12.1. The molecule has 0 bridgehead atoms. The quantitative estimate of drug-likeness (QED) is 0.575. The van der Waals surface area contributed by atoms with Gasteiger partial charge in [0.05, 0.1) is 0 Å². The molecule has 0 aliphatic heterocycles. The number of benzene rings is 3. The highest BCUT2D eigenvalue weighted by molar-refractivity contribution is 5.80. The van der Waals surface area contributed by atoms with Gasteiger partial charge in [0.15, 0.2) is 0 Å². The van der Waals surface area contributed by atoms with Crippen LogP contribution in [0, 0.1) is 5.41 Å². The molecule has 0 N–H and O–H groups in total. The lowest BCUT2D eigenvalue weighted by molar-refractivity contribution is 0.123. The summed E-state index contributed by atoms with van der Waals surface area (Å²) in [7, 11) is 0. The first-order valence-electron chi connectivity index (χ1n) is 9.36. The Morgan fingerprint density at radius 1 is 0.600 bits per heavy atom. The van der Waals surface area contributed by atoms with E-state index in [2.05, 4.69) is 98.8 Å². The standard InChI is InChI=1S/C25H22/c1-22-17-23(2)24(18-11-5-3-6-12-18,21-16-10-9-15-20(21)22)25(22,23)19-13-7-4-8-14-19/h3-16H,17H2,1-2H3/t22-,23+,24-,25?/m1/s1. The zero-order valence-electron chi connectivity index (χ0n) is 14.8. The molecule has 3 aliphatic rings. The average Bonchev–Trinajstić information content (AvgIpc) is 3.01. The highest BCUT2D eigenvalue weighted by Gasteiger charge is 3.00. The van der Waals surface area contributed by atoms with Gasteiger partial charge in [0.1, 0.15) is 0 Å². The van der Waals surface area contributed by atoms with E-state index in [1.54, 1.807) is 11.1 Å². The van der Waals surface area contributed by atoms with Crippen molar-refractivity contribution in [2.24, 2.45) is 5.41 Å². The van der Waals surface area contributed by atoms with Crippen molar-refractivity contribution in [2.45, 2.75) is 36.5 Å². The fourth-order valence-corrected chi connectivity index (χ4v) is 7.81. The molecule has 2 saturated carbocycles. The highest BCUT2D eigenvalue weighted by atomic mass is 15.0. The van der Waals surface area contributed by atoms with Gasteiger partial charge in [-0.15, -0.1) is 0 Å². The predicted molar refractivity (Wildman–Crippen MR) is 102 cm³/mol. The first-order valence-corrected chi connectivity index (χ1v) is 9.36. The van der Waals surface area contributed by atoms with Gasteiger partial charge in [-0.2, -0.15) is 0 Å². The van der Waals surface area contributed by atoms with Crippen LogP contribution in [0.25, 0.3) is 0 Å². The van der Waals surface area contributed by atoms with Crippen molar-refractivity contribution in [3.8, 4) is 0 Å². The molecular formula is C25H22. The summed E-state index contributed by atoms with van der Waals surface area (Å²) in [4.78, 5) is 0. The van der Waals surface area contributed by atoms with Crippen LogP contribution in [0.2, 0.25) is 0 Å². The van der Waals surface area contributed by atoms with E-state index in [9.17, 15) is 0 Å². The van der Waals surface area contributed by atoms with E-state index in [1.165, 1.54) is 17.5 Å². The number of hydrogen-bond acceptors (Lipinski definition) is 0. The van der Waals surface area contributed by atoms with E-state index in [-0.39, 0.29) is 16.2 Å². The average molecular weight is 322 g/mol. The van der Waals surface area contributed by atoms with Gasteiger partial charge in [0.25, 0.3) is 0 Å². The van der Waals surface area contributed by atoms with E-state index in [4.69, 9.17) is 0 Å². The van der Waals surface area contributed by atoms with Crippen molar-refractivity contribution in [3.05, 3.63) is 107 Å². The molecule has 0 heterocycles. The van der Waals surface area contributed by atoms with Crippen molar-refractivity contribution < 1.29 is 0 Å². The molecular weight excluding hydrogens is 300 g/mol. The zero-order valence-corrected chi connectivity index (χ0v) is 14.8. The second-order valence-corrected chi connectivity index (χ2v) is 8.62. The molecule has 6 rings (SSSR count). The summed E-state index contributed by atoms with van der Waals surface area (Å²) in [5.74, 6) is 0. The molecule has 3 aromatic carbocycles. The molecule has 3 aromatic rings. The number of rotatable bonds is 2. The molecule has 0 nitrogen and oxygen atoms in total. The SMILES string of the molecule is C[C@]12C[C@]3(C)C1(c1ccccc1)[C@]3(c1ccccc1)c1ccccc12. The number of hydrogen-bond donors (Lipinski definition) is 0. The Morgan fingerprint density at radius 3 is 1.76 bits per heavy atom. The zero-order chi connectivity index (χ0) is 16.9. The van der Waals surface area contributed by atoms with Crippen LogP contribution in [-0.4, -0.2) is 0 Å². The summed E-state index contributed by atoms with van der Waals surface area (Å²) >= 11 is 0. The van der Waals surface area contributed by atoms with Crippen LogP contribution >= 0.6 is 0 Å². The molecule has 2 fully saturated rings. The molecule has 0 saturated heterocycles. The fraction of sp³-hybridized carbons (Fsp3) is 0.280. The van der Waals surface area contributed by atoms with Gasteiger partial charge in [-0.25, -0.2) is 0 Å². The minimum absolute atomic E-state index is 0.119. The normalized spacial score (nSPS) is 39.3. The Morgan fingerprint density at radius 2 is 1.12 bits per heavy atom. The molecule has 4 atom stereocenters.